The molecule has 1 aliphatic rings. The maximum Gasteiger partial charge on any atom is 0.254 e. The van der Waals surface area contributed by atoms with Crippen molar-refractivity contribution < 1.29 is 4.79 Å². The van der Waals surface area contributed by atoms with Gasteiger partial charge in [0, 0.05) is 39.3 Å². The van der Waals surface area contributed by atoms with Crippen LogP contribution >= 0.6 is 34.8 Å². The molecule has 1 saturated heterocycles. The molecule has 4 rings (SSSR count). The number of carbonyl (C=O) groups is 1. The molecule has 1 amide bonds. The van der Waals surface area contributed by atoms with E-state index >= 15 is 0 Å². The summed E-state index contributed by atoms with van der Waals surface area (Å²) in [5.41, 5.74) is 2.91. The number of amides is 1. The first-order valence-corrected chi connectivity index (χ1v) is 12.4. The van der Waals surface area contributed by atoms with Gasteiger partial charge >= 0.3 is 0 Å². The average Bonchev–Trinajstić information content (AvgIpc) is 2.80. The predicted octanol–water partition coefficient (Wildman–Crippen LogP) is 6.70. The van der Waals surface area contributed by atoms with Crippen LogP contribution in [0, 0.1) is 0 Å². The van der Waals surface area contributed by atoms with E-state index in [1.165, 1.54) is 5.56 Å². The second kappa shape index (κ2) is 11.4. The van der Waals surface area contributed by atoms with Crippen molar-refractivity contribution in [1.29, 1.82) is 0 Å². The van der Waals surface area contributed by atoms with Crippen LogP contribution in [-0.2, 0) is 12.8 Å². The molecular weight excluding hydrogens is 475 g/mol. The van der Waals surface area contributed by atoms with Crippen LogP contribution in [0.4, 0.5) is 0 Å². The Bertz CT molecular complexity index is 1070. The van der Waals surface area contributed by atoms with Crippen LogP contribution in [0.5, 0.6) is 0 Å². The van der Waals surface area contributed by atoms with Gasteiger partial charge in [0.05, 0.1) is 0 Å². The Balaban J connectivity index is 1.45. The van der Waals surface area contributed by atoms with Gasteiger partial charge in [-0.2, -0.15) is 0 Å². The minimum absolute atomic E-state index is 0.0187. The smallest absolute Gasteiger partial charge is 0.254 e. The highest BCUT2D eigenvalue weighted by atomic mass is 35.5. The molecule has 33 heavy (non-hydrogen) atoms. The van der Waals surface area contributed by atoms with Crippen molar-refractivity contribution in [3.63, 3.8) is 0 Å². The quantitative estimate of drug-likeness (QED) is 0.391. The van der Waals surface area contributed by atoms with Crippen LogP contribution in [0.2, 0.25) is 15.1 Å². The van der Waals surface area contributed by atoms with Gasteiger partial charge in [-0.1, -0.05) is 83.3 Å². The van der Waals surface area contributed by atoms with Crippen molar-refractivity contribution in [2.45, 2.75) is 37.8 Å². The predicted molar refractivity (Wildman–Crippen MR) is 138 cm³/mol. The number of nitrogens with one attached hydrogen (secondary N) is 1. The molecular formula is C27H27Cl3N2O. The van der Waals surface area contributed by atoms with Crippen molar-refractivity contribution in [1.82, 2.24) is 10.2 Å². The van der Waals surface area contributed by atoms with E-state index in [9.17, 15) is 4.79 Å². The summed E-state index contributed by atoms with van der Waals surface area (Å²) in [6, 6.07) is 23.8. The minimum Gasteiger partial charge on any atom is -0.335 e. The van der Waals surface area contributed by atoms with Crippen LogP contribution in [0.25, 0.3) is 0 Å². The summed E-state index contributed by atoms with van der Waals surface area (Å²) in [6.45, 7) is 1.54. The molecule has 0 saturated carbocycles. The SMILES string of the molecule is O=C(c1cc(Cl)cc(Cl)c1)N1CC[C@H](NCCc2ccccc2Cl)C[C@H]1Cc1ccccc1. The normalized spacial score (nSPS) is 18.3. The lowest BCUT2D eigenvalue weighted by Gasteiger charge is -2.40. The van der Waals surface area contributed by atoms with Gasteiger partial charge in [-0.3, -0.25) is 4.79 Å². The van der Waals surface area contributed by atoms with Gasteiger partial charge < -0.3 is 10.2 Å². The Morgan fingerprint density at radius 2 is 1.64 bits per heavy atom. The highest BCUT2D eigenvalue weighted by Gasteiger charge is 2.32. The molecule has 0 aromatic heterocycles. The molecule has 0 radical (unpaired) electrons. The summed E-state index contributed by atoms with van der Waals surface area (Å²) in [5.74, 6) is -0.0187. The Kier molecular flexibility index (Phi) is 8.32. The number of nitrogens with zero attached hydrogens (tertiary/aromatic N) is 1. The highest BCUT2D eigenvalue weighted by molar-refractivity contribution is 6.35. The number of benzene rings is 3. The fourth-order valence-electron chi connectivity index (χ4n) is 4.54. The van der Waals surface area contributed by atoms with Crippen LogP contribution < -0.4 is 5.32 Å². The maximum atomic E-state index is 13.4. The molecule has 2 atom stereocenters. The lowest BCUT2D eigenvalue weighted by molar-refractivity contribution is 0.0578. The molecule has 0 unspecified atom stereocenters. The van der Waals surface area contributed by atoms with Gasteiger partial charge in [0.2, 0.25) is 0 Å². The Hall–Kier alpha value is -2.04. The molecule has 1 fully saturated rings. The number of piperidine rings is 1. The van der Waals surface area contributed by atoms with Crippen LogP contribution in [0.1, 0.15) is 34.3 Å². The monoisotopic (exact) mass is 500 g/mol. The molecule has 0 aliphatic carbocycles. The van der Waals surface area contributed by atoms with Gasteiger partial charge in [-0.25, -0.2) is 0 Å². The molecule has 0 spiro atoms. The topological polar surface area (TPSA) is 32.3 Å². The van der Waals surface area contributed by atoms with Crippen LogP contribution in [0.3, 0.4) is 0 Å². The first kappa shape index (κ1) is 24.1. The summed E-state index contributed by atoms with van der Waals surface area (Å²) < 4.78 is 0. The molecule has 3 aromatic carbocycles. The summed E-state index contributed by atoms with van der Waals surface area (Å²) >= 11 is 18.6. The third-order valence-electron chi connectivity index (χ3n) is 6.19. The molecule has 0 bridgehead atoms. The molecule has 1 aliphatic heterocycles. The molecule has 1 heterocycles. The number of hydrogen-bond acceptors (Lipinski definition) is 2. The van der Waals surface area contributed by atoms with Crippen molar-refractivity contribution in [2.24, 2.45) is 0 Å². The number of hydrogen-bond donors (Lipinski definition) is 1. The third-order valence-corrected chi connectivity index (χ3v) is 6.99. The van der Waals surface area contributed by atoms with Crippen molar-refractivity contribution in [2.75, 3.05) is 13.1 Å². The van der Waals surface area contributed by atoms with E-state index in [-0.39, 0.29) is 11.9 Å². The number of likely N-dealkylation sites (tertiary alicyclic amines) is 1. The van der Waals surface area contributed by atoms with E-state index in [0.29, 0.717) is 28.2 Å². The molecule has 172 valence electrons. The van der Waals surface area contributed by atoms with E-state index in [1.807, 2.05) is 41.3 Å². The highest BCUT2D eigenvalue weighted by Crippen LogP contribution is 2.26. The fourth-order valence-corrected chi connectivity index (χ4v) is 5.29. The van der Waals surface area contributed by atoms with E-state index < -0.39 is 0 Å². The summed E-state index contributed by atoms with van der Waals surface area (Å²) in [5, 5.41) is 5.45. The Labute approximate surface area is 210 Å². The Morgan fingerprint density at radius 3 is 2.36 bits per heavy atom. The van der Waals surface area contributed by atoms with Gasteiger partial charge in [0.1, 0.15) is 0 Å². The van der Waals surface area contributed by atoms with Crippen LogP contribution in [-0.4, -0.2) is 36.0 Å². The Morgan fingerprint density at radius 1 is 0.939 bits per heavy atom. The molecule has 3 nitrogen and oxygen atoms in total. The van der Waals surface area contributed by atoms with Gasteiger partial charge in [0.25, 0.3) is 5.91 Å². The van der Waals surface area contributed by atoms with Crippen molar-refractivity contribution >= 4 is 40.7 Å². The first-order chi connectivity index (χ1) is 16.0. The zero-order chi connectivity index (χ0) is 23.2. The van der Waals surface area contributed by atoms with E-state index in [1.54, 1.807) is 18.2 Å². The van der Waals surface area contributed by atoms with Gasteiger partial charge in [-0.15, -0.1) is 0 Å². The summed E-state index contributed by atoms with van der Waals surface area (Å²) in [6.07, 6.45) is 3.47. The number of rotatable bonds is 7. The minimum atomic E-state index is -0.0187. The second-order valence-corrected chi connectivity index (χ2v) is 9.80. The van der Waals surface area contributed by atoms with E-state index in [2.05, 4.69) is 23.5 Å². The molecule has 3 aromatic rings. The fraction of sp³-hybridized carbons (Fsp3) is 0.296. The number of carbonyl (C=O) groups excluding carboxylic acids is 1. The lowest BCUT2D eigenvalue weighted by Crippen LogP contribution is -2.52. The largest absolute Gasteiger partial charge is 0.335 e. The third kappa shape index (κ3) is 6.51. The zero-order valence-corrected chi connectivity index (χ0v) is 20.6. The van der Waals surface area contributed by atoms with Crippen LogP contribution in [0.15, 0.2) is 72.8 Å². The maximum absolute atomic E-state index is 13.4. The lowest BCUT2D eigenvalue weighted by atomic mass is 9.91. The van der Waals surface area contributed by atoms with Gasteiger partial charge in [0.15, 0.2) is 0 Å². The van der Waals surface area contributed by atoms with Crippen molar-refractivity contribution in [3.8, 4) is 0 Å². The zero-order valence-electron chi connectivity index (χ0n) is 18.3. The van der Waals surface area contributed by atoms with E-state index in [0.717, 1.165) is 42.8 Å². The van der Waals surface area contributed by atoms with Crippen molar-refractivity contribution in [3.05, 3.63) is 105 Å². The average molecular weight is 502 g/mol. The first-order valence-electron chi connectivity index (χ1n) is 11.3. The molecule has 1 N–H and O–H groups in total. The summed E-state index contributed by atoms with van der Waals surface area (Å²) in [4.78, 5) is 15.4. The number of halogens is 3. The van der Waals surface area contributed by atoms with Gasteiger partial charge in [-0.05, 0) is 67.6 Å². The standard InChI is InChI=1S/C27H27Cl3N2O/c28-22-15-21(16-23(29)17-22)27(33)32-13-11-24(18-25(32)14-19-6-2-1-3-7-19)31-12-10-20-8-4-5-9-26(20)30/h1-9,15-17,24-25,31H,10-14,18H2/t24-,25+/m0/s1. The second-order valence-electron chi connectivity index (χ2n) is 8.52. The molecule has 6 heteroatoms. The summed E-state index contributed by atoms with van der Waals surface area (Å²) in [7, 11) is 0. The van der Waals surface area contributed by atoms with E-state index in [4.69, 9.17) is 34.8 Å².